The number of aliphatic carboxylic acids is 1. The molecular formula is C23H44O2S. The van der Waals surface area contributed by atoms with Crippen LogP contribution in [0.15, 0.2) is 11.6 Å². The number of carbonyl (C=O) groups is 1. The SMILES string of the molecule is C/C(=C\CSCCC(=O)O)CCCC(C)CCCC(C)CCCC(C)C. The summed E-state index contributed by atoms with van der Waals surface area (Å²) in [5.41, 5.74) is 1.46. The summed E-state index contributed by atoms with van der Waals surface area (Å²) in [4.78, 5) is 10.5. The van der Waals surface area contributed by atoms with E-state index in [1.54, 1.807) is 11.8 Å². The van der Waals surface area contributed by atoms with Crippen LogP contribution in [0.2, 0.25) is 0 Å². The van der Waals surface area contributed by atoms with Crippen LogP contribution in [-0.2, 0) is 4.79 Å². The van der Waals surface area contributed by atoms with Crippen molar-refractivity contribution in [1.82, 2.24) is 0 Å². The summed E-state index contributed by atoms with van der Waals surface area (Å²) in [6, 6.07) is 0. The fourth-order valence-corrected chi connectivity index (χ4v) is 4.14. The monoisotopic (exact) mass is 384 g/mol. The smallest absolute Gasteiger partial charge is 0.304 e. The second kappa shape index (κ2) is 16.7. The molecule has 0 bridgehead atoms. The Morgan fingerprint density at radius 3 is 1.96 bits per heavy atom. The van der Waals surface area contributed by atoms with E-state index in [-0.39, 0.29) is 6.42 Å². The zero-order chi connectivity index (χ0) is 19.8. The first-order valence-electron chi connectivity index (χ1n) is 10.8. The molecule has 0 aromatic carbocycles. The second-order valence-electron chi connectivity index (χ2n) is 8.63. The maximum absolute atomic E-state index is 10.5. The number of carboxylic acid groups (broad SMARTS) is 1. The Morgan fingerprint density at radius 1 is 0.885 bits per heavy atom. The molecule has 3 heteroatoms. The lowest BCUT2D eigenvalue weighted by Crippen LogP contribution is -2.00. The van der Waals surface area contributed by atoms with Gasteiger partial charge in [-0.15, -0.1) is 0 Å². The topological polar surface area (TPSA) is 37.3 Å². The van der Waals surface area contributed by atoms with Gasteiger partial charge in [-0.05, 0) is 37.5 Å². The lowest BCUT2D eigenvalue weighted by Gasteiger charge is -2.15. The van der Waals surface area contributed by atoms with E-state index in [4.69, 9.17) is 5.11 Å². The van der Waals surface area contributed by atoms with Crippen molar-refractivity contribution in [3.63, 3.8) is 0 Å². The standard InChI is InChI=1S/C23H44O2S/c1-19(2)9-6-10-20(3)11-7-12-21(4)13-8-14-22(5)15-17-26-18-16-23(24)25/h15,19-21H,6-14,16-18H2,1-5H3,(H,24,25)/b22-15+. The van der Waals surface area contributed by atoms with Gasteiger partial charge in [0.05, 0.1) is 6.42 Å². The van der Waals surface area contributed by atoms with Crippen molar-refractivity contribution in [1.29, 1.82) is 0 Å². The molecule has 0 saturated heterocycles. The third-order valence-electron chi connectivity index (χ3n) is 5.15. The van der Waals surface area contributed by atoms with Gasteiger partial charge in [-0.1, -0.05) is 84.3 Å². The lowest BCUT2D eigenvalue weighted by molar-refractivity contribution is -0.136. The zero-order valence-corrected chi connectivity index (χ0v) is 18.9. The van der Waals surface area contributed by atoms with Crippen molar-refractivity contribution in [2.24, 2.45) is 17.8 Å². The van der Waals surface area contributed by atoms with E-state index in [0.717, 1.165) is 23.5 Å². The molecule has 0 aromatic rings. The van der Waals surface area contributed by atoms with E-state index < -0.39 is 5.97 Å². The zero-order valence-electron chi connectivity index (χ0n) is 18.1. The molecule has 0 aromatic heterocycles. The Hall–Kier alpha value is -0.440. The van der Waals surface area contributed by atoms with Gasteiger partial charge in [0.25, 0.3) is 0 Å². The van der Waals surface area contributed by atoms with Crippen molar-refractivity contribution in [3.05, 3.63) is 11.6 Å². The van der Waals surface area contributed by atoms with Crippen LogP contribution in [0.25, 0.3) is 0 Å². The fourth-order valence-electron chi connectivity index (χ4n) is 3.25. The Bertz CT molecular complexity index is 376. The van der Waals surface area contributed by atoms with E-state index in [2.05, 4.69) is 40.7 Å². The molecule has 1 N–H and O–H groups in total. The van der Waals surface area contributed by atoms with Crippen molar-refractivity contribution < 1.29 is 9.90 Å². The third-order valence-corrected chi connectivity index (χ3v) is 6.05. The van der Waals surface area contributed by atoms with Crippen molar-refractivity contribution in [2.45, 2.75) is 98.8 Å². The van der Waals surface area contributed by atoms with Crippen molar-refractivity contribution >= 4 is 17.7 Å². The summed E-state index contributed by atoms with van der Waals surface area (Å²) in [6.07, 6.45) is 14.7. The number of carboxylic acids is 1. The molecule has 0 aliphatic rings. The van der Waals surface area contributed by atoms with Crippen LogP contribution in [0, 0.1) is 17.8 Å². The second-order valence-corrected chi connectivity index (χ2v) is 9.78. The molecule has 0 amide bonds. The third kappa shape index (κ3) is 18.4. The first-order chi connectivity index (χ1) is 12.3. The molecule has 0 saturated carbocycles. The van der Waals surface area contributed by atoms with Crippen LogP contribution in [0.5, 0.6) is 0 Å². The van der Waals surface area contributed by atoms with Crippen LogP contribution in [0.1, 0.15) is 98.8 Å². The van der Waals surface area contributed by atoms with Crippen LogP contribution in [0.3, 0.4) is 0 Å². The normalized spacial score (nSPS) is 14.6. The minimum atomic E-state index is -0.697. The quantitative estimate of drug-likeness (QED) is 0.207. The Labute approximate surface area is 167 Å². The predicted octanol–water partition coefficient (Wildman–Crippen LogP) is 7.58. The molecule has 2 nitrogen and oxygen atoms in total. The van der Waals surface area contributed by atoms with E-state index in [1.165, 1.54) is 63.4 Å². The molecule has 0 heterocycles. The molecule has 2 atom stereocenters. The van der Waals surface area contributed by atoms with Crippen molar-refractivity contribution in [3.8, 4) is 0 Å². The average Bonchev–Trinajstić information content (AvgIpc) is 2.53. The van der Waals surface area contributed by atoms with E-state index in [9.17, 15) is 4.79 Å². The number of hydrogen-bond donors (Lipinski definition) is 1. The molecular weight excluding hydrogens is 340 g/mol. The average molecular weight is 385 g/mol. The summed E-state index contributed by atoms with van der Waals surface area (Å²) in [7, 11) is 0. The van der Waals surface area contributed by atoms with E-state index >= 15 is 0 Å². The summed E-state index contributed by atoms with van der Waals surface area (Å²) >= 11 is 1.71. The summed E-state index contributed by atoms with van der Waals surface area (Å²) in [5, 5.41) is 8.61. The first-order valence-corrected chi connectivity index (χ1v) is 11.9. The van der Waals surface area contributed by atoms with Gasteiger partial charge in [-0.2, -0.15) is 11.8 Å². The summed E-state index contributed by atoms with van der Waals surface area (Å²) < 4.78 is 0. The number of hydrogen-bond acceptors (Lipinski definition) is 2. The predicted molar refractivity (Wildman–Crippen MR) is 118 cm³/mol. The number of rotatable bonds is 17. The van der Waals surface area contributed by atoms with E-state index in [0.29, 0.717) is 5.75 Å². The highest BCUT2D eigenvalue weighted by Gasteiger charge is 2.06. The first kappa shape index (κ1) is 25.6. The Balaban J connectivity index is 3.60. The van der Waals surface area contributed by atoms with Gasteiger partial charge in [0.1, 0.15) is 0 Å². The fraction of sp³-hybridized carbons (Fsp3) is 0.870. The van der Waals surface area contributed by atoms with Gasteiger partial charge in [-0.25, -0.2) is 0 Å². The Morgan fingerprint density at radius 2 is 1.42 bits per heavy atom. The Kier molecular flexibility index (Phi) is 16.4. The highest BCUT2D eigenvalue weighted by molar-refractivity contribution is 7.99. The highest BCUT2D eigenvalue weighted by Crippen LogP contribution is 2.22. The highest BCUT2D eigenvalue weighted by atomic mass is 32.2. The van der Waals surface area contributed by atoms with Crippen LogP contribution in [-0.4, -0.2) is 22.6 Å². The lowest BCUT2D eigenvalue weighted by atomic mass is 9.91. The number of thioether (sulfide) groups is 1. The van der Waals surface area contributed by atoms with Gasteiger partial charge in [-0.3, -0.25) is 4.79 Å². The molecule has 0 aliphatic heterocycles. The van der Waals surface area contributed by atoms with Gasteiger partial charge >= 0.3 is 5.97 Å². The van der Waals surface area contributed by atoms with Crippen LogP contribution in [0.4, 0.5) is 0 Å². The summed E-state index contributed by atoms with van der Waals surface area (Å²) in [6.45, 7) is 11.7. The molecule has 154 valence electrons. The van der Waals surface area contributed by atoms with Crippen LogP contribution >= 0.6 is 11.8 Å². The minimum absolute atomic E-state index is 0.269. The maximum Gasteiger partial charge on any atom is 0.304 e. The molecule has 0 radical (unpaired) electrons. The largest absolute Gasteiger partial charge is 0.481 e. The maximum atomic E-state index is 10.5. The van der Waals surface area contributed by atoms with Gasteiger partial charge < -0.3 is 5.11 Å². The molecule has 0 spiro atoms. The number of allylic oxidation sites excluding steroid dienone is 1. The molecule has 0 fully saturated rings. The molecule has 26 heavy (non-hydrogen) atoms. The van der Waals surface area contributed by atoms with Crippen LogP contribution < -0.4 is 0 Å². The molecule has 0 aliphatic carbocycles. The van der Waals surface area contributed by atoms with Gasteiger partial charge in [0.15, 0.2) is 0 Å². The van der Waals surface area contributed by atoms with Crippen molar-refractivity contribution in [2.75, 3.05) is 11.5 Å². The summed E-state index contributed by atoms with van der Waals surface area (Å²) in [5.74, 6) is 3.55. The van der Waals surface area contributed by atoms with Gasteiger partial charge in [0.2, 0.25) is 0 Å². The minimum Gasteiger partial charge on any atom is -0.481 e. The van der Waals surface area contributed by atoms with E-state index in [1.807, 2.05) is 0 Å². The van der Waals surface area contributed by atoms with Gasteiger partial charge in [0, 0.05) is 11.5 Å². The molecule has 0 rings (SSSR count). The molecule has 2 unspecified atom stereocenters.